The van der Waals surface area contributed by atoms with Gasteiger partial charge in [0.2, 0.25) is 0 Å². The number of halogens is 1. The quantitative estimate of drug-likeness (QED) is 0.134. The molecule has 12 nitrogen and oxygen atoms in total. The number of rotatable bonds is 7. The highest BCUT2D eigenvalue weighted by Crippen LogP contribution is 2.33. The molecule has 6 aromatic rings. The fourth-order valence-electron chi connectivity index (χ4n) is 7.49. The van der Waals surface area contributed by atoms with Crippen molar-refractivity contribution in [2.45, 2.75) is 41.5 Å². The van der Waals surface area contributed by atoms with Crippen LogP contribution in [0.25, 0.3) is 22.5 Å². The van der Waals surface area contributed by atoms with Crippen LogP contribution in [-0.2, 0) is 0 Å². The van der Waals surface area contributed by atoms with Crippen molar-refractivity contribution >= 4 is 62.2 Å². The predicted molar refractivity (Wildman–Crippen MR) is 253 cm³/mol. The molecular formula is C46H55ClN10O2S2. The molecule has 0 aliphatic carbocycles. The maximum Gasteiger partial charge on any atom is 0.257 e. The second-order valence-electron chi connectivity index (χ2n) is 15.6. The highest BCUT2D eigenvalue weighted by atomic mass is 35.5. The molecular weight excluding hydrogens is 824 g/mol. The molecule has 0 spiro atoms. The average Bonchev–Trinajstić information content (AvgIpc) is 3.88. The molecule has 2 aliphatic rings. The van der Waals surface area contributed by atoms with Crippen LogP contribution in [0.3, 0.4) is 0 Å². The summed E-state index contributed by atoms with van der Waals surface area (Å²) in [6.07, 6.45) is 3.21. The Balaban J connectivity index is 0.000000179. The summed E-state index contributed by atoms with van der Waals surface area (Å²) in [5, 5.41) is 14.4. The summed E-state index contributed by atoms with van der Waals surface area (Å²) in [6.45, 7) is 21.1. The van der Waals surface area contributed by atoms with Gasteiger partial charge in [-0.25, -0.2) is 19.9 Å². The molecule has 0 bridgehead atoms. The van der Waals surface area contributed by atoms with Gasteiger partial charge in [0.25, 0.3) is 11.8 Å². The summed E-state index contributed by atoms with van der Waals surface area (Å²) < 4.78 is 0. The summed E-state index contributed by atoms with van der Waals surface area (Å²) in [6, 6.07) is 15.4. The van der Waals surface area contributed by atoms with Crippen molar-refractivity contribution < 1.29 is 9.59 Å². The summed E-state index contributed by atoms with van der Waals surface area (Å²) >= 11 is 8.67. The molecule has 4 aromatic heterocycles. The van der Waals surface area contributed by atoms with Crippen LogP contribution < -0.4 is 20.9 Å². The van der Waals surface area contributed by atoms with Crippen molar-refractivity contribution in [1.82, 2.24) is 35.1 Å². The number of thiazole rings is 2. The number of nitrogens with one attached hydrogen (secondary N) is 3. The van der Waals surface area contributed by atoms with Gasteiger partial charge in [0.1, 0.15) is 11.0 Å². The minimum atomic E-state index is -0.252. The van der Waals surface area contributed by atoms with Crippen LogP contribution in [0.4, 0.5) is 16.1 Å². The minimum Gasteiger partial charge on any atom is -0.354 e. The Morgan fingerprint density at radius 1 is 0.623 bits per heavy atom. The molecule has 0 saturated carbocycles. The van der Waals surface area contributed by atoms with Crippen molar-refractivity contribution in [2.75, 3.05) is 82.0 Å². The molecule has 320 valence electrons. The summed E-state index contributed by atoms with van der Waals surface area (Å²) in [5.74, 6) is 0.435. The second kappa shape index (κ2) is 21.1. The first-order chi connectivity index (χ1) is 29.2. The third-order valence-electron chi connectivity index (χ3n) is 10.5. The third kappa shape index (κ3) is 12.5. The Kier molecular flexibility index (Phi) is 15.7. The van der Waals surface area contributed by atoms with Crippen LogP contribution in [0.1, 0.15) is 54.1 Å². The fraction of sp³-hybridized carbons (Fsp3) is 0.348. The number of piperazine rings is 2. The third-order valence-corrected chi connectivity index (χ3v) is 12.2. The first kappa shape index (κ1) is 45.4. The number of hydrogen-bond acceptors (Lipinski definition) is 12. The smallest absolute Gasteiger partial charge is 0.257 e. The molecule has 2 aliphatic heterocycles. The van der Waals surface area contributed by atoms with Crippen LogP contribution in [0.5, 0.6) is 0 Å². The first-order valence-corrected chi connectivity index (χ1v) is 22.5. The molecule has 0 atom stereocenters. The molecule has 6 heterocycles. The molecule has 2 amide bonds. The lowest BCUT2D eigenvalue weighted by atomic mass is 9.98. The normalized spacial score (nSPS) is 14.3. The first-order valence-electron chi connectivity index (χ1n) is 20.3. The van der Waals surface area contributed by atoms with Gasteiger partial charge in [-0.15, -0.1) is 22.7 Å². The van der Waals surface area contributed by atoms with Gasteiger partial charge in [0.15, 0.2) is 10.3 Å². The van der Waals surface area contributed by atoms with E-state index in [9.17, 15) is 9.59 Å². The Bertz CT molecular complexity index is 2410. The van der Waals surface area contributed by atoms with Crippen LogP contribution in [0.2, 0.25) is 5.15 Å². The number of anilines is 3. The lowest BCUT2D eigenvalue weighted by molar-refractivity contribution is 0.101. The van der Waals surface area contributed by atoms with E-state index in [2.05, 4.69) is 130 Å². The van der Waals surface area contributed by atoms with Crippen molar-refractivity contribution in [3.63, 3.8) is 0 Å². The number of likely N-dealkylation sites (N-methyl/N-ethyl adjacent to an activating group) is 2. The van der Waals surface area contributed by atoms with Gasteiger partial charge in [-0.05, 0) is 102 Å². The second-order valence-corrected chi connectivity index (χ2v) is 17.7. The van der Waals surface area contributed by atoms with E-state index in [4.69, 9.17) is 11.6 Å². The Hall–Kier alpha value is -5.09. The minimum absolute atomic E-state index is 0.161. The average molecular weight is 880 g/mol. The number of aromatic nitrogens is 4. The van der Waals surface area contributed by atoms with Crippen LogP contribution >= 0.6 is 34.3 Å². The summed E-state index contributed by atoms with van der Waals surface area (Å²) in [5.41, 5.74) is 12.3. The number of carbonyl (C=O) groups excluding carboxylic acids is 2. The number of hydrogen-bond donors (Lipinski definition) is 3. The highest BCUT2D eigenvalue weighted by Gasteiger charge is 2.19. The van der Waals surface area contributed by atoms with Gasteiger partial charge >= 0.3 is 0 Å². The van der Waals surface area contributed by atoms with Gasteiger partial charge in [0.05, 0.1) is 11.4 Å². The maximum absolute atomic E-state index is 12.8. The predicted octanol–water partition coefficient (Wildman–Crippen LogP) is 8.69. The monoisotopic (exact) mass is 878 g/mol. The van der Waals surface area contributed by atoms with Gasteiger partial charge in [-0.2, -0.15) is 0 Å². The summed E-state index contributed by atoms with van der Waals surface area (Å²) in [7, 11) is 4.28. The molecule has 0 radical (unpaired) electrons. The molecule has 61 heavy (non-hydrogen) atoms. The van der Waals surface area contributed by atoms with Crippen molar-refractivity contribution in [2.24, 2.45) is 0 Å². The zero-order valence-corrected chi connectivity index (χ0v) is 38.6. The lowest BCUT2D eigenvalue weighted by Gasteiger charge is -2.33. The van der Waals surface area contributed by atoms with E-state index in [-0.39, 0.29) is 17.0 Å². The standard InChI is InChI=1S/C23H27N5OS.C18H16ClN3OS.C5H12N2/c1-15-11-16(2)21(17(3)12-15)19-14-30-23(25-19)26-22(29)18-5-6-24-20(13-18)28-9-7-27(4)8-10-28;1-10-6-11(2)16(12(3)7-10)14-9-24-18(21-14)22-17(23)13-4-5-20-15(19)8-13;1-7-4-2-6-3-5-7/h5-6,11-14H,7-10H2,1-4H3,(H,25,26,29);4-9H,1-3H3,(H,21,22,23);6H,2-5H2,1H3. The van der Waals surface area contributed by atoms with Crippen molar-refractivity contribution in [3.05, 3.63) is 121 Å². The molecule has 3 N–H and O–H groups in total. The molecule has 2 fully saturated rings. The Morgan fingerprint density at radius 2 is 1.07 bits per heavy atom. The van der Waals surface area contributed by atoms with E-state index in [1.807, 2.05) is 16.8 Å². The molecule has 15 heteroatoms. The van der Waals surface area contributed by atoms with E-state index < -0.39 is 0 Å². The topological polar surface area (TPSA) is 132 Å². The number of benzene rings is 2. The SMILES string of the molecule is CN1CCNCC1.Cc1cc(C)c(-c2csc(NC(=O)c3ccnc(Cl)c3)n2)c(C)c1.Cc1cc(C)c(-c2csc(NC(=O)c3ccnc(N4CCN(C)CC4)c3)n2)c(C)c1. The number of carbonyl (C=O) groups is 2. The zero-order valence-electron chi connectivity index (χ0n) is 36.2. The van der Waals surface area contributed by atoms with Gasteiger partial charge in [0, 0.05) is 97.8 Å². The summed E-state index contributed by atoms with van der Waals surface area (Å²) in [4.78, 5) is 49.5. The van der Waals surface area contributed by atoms with E-state index in [0.29, 0.717) is 21.4 Å². The number of amides is 2. The largest absolute Gasteiger partial charge is 0.354 e. The highest BCUT2D eigenvalue weighted by molar-refractivity contribution is 7.14. The molecule has 0 unspecified atom stereocenters. The van der Waals surface area contributed by atoms with Crippen LogP contribution in [0.15, 0.2) is 71.7 Å². The lowest BCUT2D eigenvalue weighted by Crippen LogP contribution is -2.44. The van der Waals surface area contributed by atoms with Gasteiger partial charge < -0.3 is 20.0 Å². The zero-order chi connectivity index (χ0) is 43.6. The number of pyridine rings is 2. The maximum atomic E-state index is 12.8. The van der Waals surface area contributed by atoms with E-state index in [1.54, 1.807) is 18.3 Å². The Morgan fingerprint density at radius 3 is 1.51 bits per heavy atom. The van der Waals surface area contributed by atoms with Crippen LogP contribution in [-0.4, -0.2) is 108 Å². The molecule has 8 rings (SSSR count). The van der Waals surface area contributed by atoms with Crippen molar-refractivity contribution in [1.29, 1.82) is 0 Å². The Labute approximate surface area is 372 Å². The van der Waals surface area contributed by atoms with E-state index in [1.165, 1.54) is 81.4 Å². The molecule has 2 saturated heterocycles. The van der Waals surface area contributed by atoms with Gasteiger partial charge in [-0.1, -0.05) is 47.0 Å². The van der Waals surface area contributed by atoms with E-state index in [0.717, 1.165) is 67.6 Å². The van der Waals surface area contributed by atoms with E-state index >= 15 is 0 Å². The number of aryl methyl sites for hydroxylation is 6. The molecule has 2 aromatic carbocycles. The number of nitrogens with zero attached hydrogens (tertiary/aromatic N) is 7. The van der Waals surface area contributed by atoms with Crippen molar-refractivity contribution in [3.8, 4) is 22.5 Å². The van der Waals surface area contributed by atoms with Gasteiger partial charge in [-0.3, -0.25) is 20.2 Å². The fourth-order valence-corrected chi connectivity index (χ4v) is 9.05. The van der Waals surface area contributed by atoms with Crippen LogP contribution in [0, 0.1) is 41.5 Å².